The zero-order valence-electron chi connectivity index (χ0n) is 9.53. The van der Waals surface area contributed by atoms with Crippen LogP contribution in [0.2, 0.25) is 0 Å². The number of hydrogen-bond acceptors (Lipinski definition) is 2. The van der Waals surface area contributed by atoms with Crippen molar-refractivity contribution in [3.8, 4) is 0 Å². The smallest absolute Gasteiger partial charge is 0.306 e. The van der Waals surface area contributed by atoms with Gasteiger partial charge in [-0.2, -0.15) is 0 Å². The minimum Gasteiger partial charge on any atom is -0.481 e. The lowest BCUT2D eigenvalue weighted by Gasteiger charge is -2.42. The number of carboxylic acids is 1. The summed E-state index contributed by atoms with van der Waals surface area (Å²) in [5.41, 5.74) is 2.06. The Morgan fingerprint density at radius 3 is 2.56 bits per heavy atom. The highest BCUT2D eigenvalue weighted by atomic mass is 16.4. The Balaban J connectivity index is 2.26. The van der Waals surface area contributed by atoms with Crippen LogP contribution in [-0.2, 0) is 10.4 Å². The average Bonchev–Trinajstić information content (AvgIpc) is 2.16. The Labute approximate surface area is 94.7 Å². The third-order valence-corrected chi connectivity index (χ3v) is 3.41. The number of benzene rings is 1. The molecule has 2 N–H and O–H groups in total. The number of aryl methyl sites for hydroxylation is 2. The van der Waals surface area contributed by atoms with Crippen molar-refractivity contribution in [3.63, 3.8) is 0 Å². The van der Waals surface area contributed by atoms with Gasteiger partial charge in [0.25, 0.3) is 0 Å². The van der Waals surface area contributed by atoms with Gasteiger partial charge in [0.15, 0.2) is 0 Å². The maximum absolute atomic E-state index is 10.7. The standard InChI is InChI=1S/C13H16O3/c1-8-3-4-9(2)11(5-8)13(16)6-10(7-13)12(14)15/h3-5,10,16H,6-7H2,1-2H3,(H,14,15). The van der Waals surface area contributed by atoms with Gasteiger partial charge in [-0.25, -0.2) is 0 Å². The Kier molecular flexibility index (Phi) is 2.50. The minimum atomic E-state index is -0.931. The highest BCUT2D eigenvalue weighted by Crippen LogP contribution is 2.46. The predicted octanol–water partition coefficient (Wildman–Crippen LogP) is 1.99. The van der Waals surface area contributed by atoms with Gasteiger partial charge < -0.3 is 10.2 Å². The van der Waals surface area contributed by atoms with E-state index in [0.29, 0.717) is 12.8 Å². The van der Waals surface area contributed by atoms with Crippen molar-refractivity contribution < 1.29 is 15.0 Å². The number of rotatable bonds is 2. The maximum atomic E-state index is 10.7. The molecule has 0 heterocycles. The average molecular weight is 220 g/mol. The van der Waals surface area contributed by atoms with E-state index in [9.17, 15) is 9.90 Å². The Hall–Kier alpha value is -1.35. The molecule has 3 heteroatoms. The molecule has 0 atom stereocenters. The molecule has 0 unspecified atom stereocenters. The summed E-state index contributed by atoms with van der Waals surface area (Å²) in [5, 5.41) is 19.2. The largest absolute Gasteiger partial charge is 0.481 e. The van der Waals surface area contributed by atoms with Crippen molar-refractivity contribution >= 4 is 5.97 Å². The number of carbonyl (C=O) groups is 1. The Morgan fingerprint density at radius 1 is 1.38 bits per heavy atom. The molecule has 0 aromatic heterocycles. The van der Waals surface area contributed by atoms with Gasteiger partial charge in [0.05, 0.1) is 11.5 Å². The summed E-state index contributed by atoms with van der Waals surface area (Å²) < 4.78 is 0. The van der Waals surface area contributed by atoms with Gasteiger partial charge in [-0.15, -0.1) is 0 Å². The first-order valence-electron chi connectivity index (χ1n) is 5.45. The lowest BCUT2D eigenvalue weighted by Crippen LogP contribution is -2.45. The summed E-state index contributed by atoms with van der Waals surface area (Å²) in [6, 6.07) is 5.92. The Bertz CT molecular complexity index is 431. The lowest BCUT2D eigenvalue weighted by atomic mass is 9.66. The third kappa shape index (κ3) is 1.71. The van der Waals surface area contributed by atoms with Crippen LogP contribution >= 0.6 is 0 Å². The van der Waals surface area contributed by atoms with Crippen LogP contribution in [0.1, 0.15) is 29.5 Å². The van der Waals surface area contributed by atoms with Gasteiger partial charge >= 0.3 is 5.97 Å². The van der Waals surface area contributed by atoms with Crippen molar-refractivity contribution in [2.45, 2.75) is 32.3 Å². The van der Waals surface area contributed by atoms with Crippen LogP contribution in [0.3, 0.4) is 0 Å². The molecule has 0 bridgehead atoms. The number of carboxylic acid groups (broad SMARTS) is 1. The summed E-state index contributed by atoms with van der Waals surface area (Å²) in [7, 11) is 0. The summed E-state index contributed by atoms with van der Waals surface area (Å²) in [5.74, 6) is -1.21. The van der Waals surface area contributed by atoms with Crippen molar-refractivity contribution in [2.24, 2.45) is 5.92 Å². The molecule has 1 aromatic rings. The van der Waals surface area contributed by atoms with E-state index in [1.165, 1.54) is 0 Å². The first-order valence-corrected chi connectivity index (χ1v) is 5.45. The minimum absolute atomic E-state index is 0.326. The normalized spacial score (nSPS) is 28.6. The molecule has 0 saturated heterocycles. The summed E-state index contributed by atoms with van der Waals surface area (Å²) in [6.07, 6.45) is 0.652. The molecule has 86 valence electrons. The van der Waals surface area contributed by atoms with Gasteiger partial charge in [0.1, 0.15) is 0 Å². The van der Waals surface area contributed by atoms with Crippen LogP contribution in [0.25, 0.3) is 0 Å². The number of aliphatic carboxylic acids is 1. The van der Waals surface area contributed by atoms with Crippen LogP contribution in [-0.4, -0.2) is 16.2 Å². The van der Waals surface area contributed by atoms with Gasteiger partial charge in [-0.1, -0.05) is 23.8 Å². The molecule has 1 aliphatic rings. The van der Waals surface area contributed by atoms with Crippen molar-refractivity contribution in [1.82, 2.24) is 0 Å². The van der Waals surface area contributed by atoms with Crippen molar-refractivity contribution in [1.29, 1.82) is 0 Å². The second-order valence-electron chi connectivity index (χ2n) is 4.79. The molecule has 0 radical (unpaired) electrons. The molecule has 1 saturated carbocycles. The van der Waals surface area contributed by atoms with Crippen LogP contribution in [0.4, 0.5) is 0 Å². The molecule has 3 nitrogen and oxygen atoms in total. The Morgan fingerprint density at radius 2 is 2.00 bits per heavy atom. The van der Waals surface area contributed by atoms with Crippen molar-refractivity contribution in [2.75, 3.05) is 0 Å². The number of aliphatic hydroxyl groups is 1. The fourth-order valence-electron chi connectivity index (χ4n) is 2.39. The van der Waals surface area contributed by atoms with E-state index >= 15 is 0 Å². The summed E-state index contributed by atoms with van der Waals surface area (Å²) >= 11 is 0. The summed E-state index contributed by atoms with van der Waals surface area (Å²) in [4.78, 5) is 10.7. The molecule has 1 fully saturated rings. The van der Waals surface area contributed by atoms with Gasteiger partial charge in [-0.3, -0.25) is 4.79 Å². The van der Waals surface area contributed by atoms with E-state index in [-0.39, 0.29) is 0 Å². The molecule has 0 amide bonds. The second-order valence-corrected chi connectivity index (χ2v) is 4.79. The fraction of sp³-hybridized carbons (Fsp3) is 0.462. The zero-order chi connectivity index (χ0) is 11.9. The maximum Gasteiger partial charge on any atom is 0.306 e. The van der Waals surface area contributed by atoms with Gasteiger partial charge in [-0.05, 0) is 37.8 Å². The molecule has 16 heavy (non-hydrogen) atoms. The highest BCUT2D eigenvalue weighted by Gasteiger charge is 2.48. The van der Waals surface area contributed by atoms with Crippen LogP contribution < -0.4 is 0 Å². The van der Waals surface area contributed by atoms with Crippen LogP contribution in [0.15, 0.2) is 18.2 Å². The lowest BCUT2D eigenvalue weighted by molar-refractivity contribution is -0.159. The van der Waals surface area contributed by atoms with E-state index in [4.69, 9.17) is 5.11 Å². The number of hydrogen-bond donors (Lipinski definition) is 2. The van der Waals surface area contributed by atoms with E-state index in [2.05, 4.69) is 0 Å². The molecule has 0 aliphatic heterocycles. The topological polar surface area (TPSA) is 57.5 Å². The van der Waals surface area contributed by atoms with Crippen LogP contribution in [0, 0.1) is 19.8 Å². The first kappa shape index (κ1) is 11.1. The van der Waals surface area contributed by atoms with E-state index in [0.717, 1.165) is 16.7 Å². The van der Waals surface area contributed by atoms with E-state index in [1.807, 2.05) is 32.0 Å². The molecular weight excluding hydrogens is 204 g/mol. The highest BCUT2D eigenvalue weighted by molar-refractivity contribution is 5.72. The fourth-order valence-corrected chi connectivity index (χ4v) is 2.39. The zero-order valence-corrected chi connectivity index (χ0v) is 9.53. The van der Waals surface area contributed by atoms with E-state index < -0.39 is 17.5 Å². The molecule has 1 aromatic carbocycles. The molecule has 1 aliphatic carbocycles. The van der Waals surface area contributed by atoms with Gasteiger partial charge in [0.2, 0.25) is 0 Å². The molecular formula is C13H16O3. The van der Waals surface area contributed by atoms with Gasteiger partial charge in [0, 0.05) is 0 Å². The predicted molar refractivity (Wildman–Crippen MR) is 60.2 cm³/mol. The monoisotopic (exact) mass is 220 g/mol. The quantitative estimate of drug-likeness (QED) is 0.801. The van der Waals surface area contributed by atoms with E-state index in [1.54, 1.807) is 0 Å². The van der Waals surface area contributed by atoms with Crippen LogP contribution in [0.5, 0.6) is 0 Å². The molecule has 2 rings (SSSR count). The second kappa shape index (κ2) is 3.59. The van der Waals surface area contributed by atoms with Crippen molar-refractivity contribution in [3.05, 3.63) is 34.9 Å². The first-order chi connectivity index (χ1) is 7.42. The summed E-state index contributed by atoms with van der Waals surface area (Å²) in [6.45, 7) is 3.92. The molecule has 0 spiro atoms. The SMILES string of the molecule is Cc1ccc(C)c(C2(O)CC(C(=O)O)C2)c1. The third-order valence-electron chi connectivity index (χ3n) is 3.41.